The molecule has 0 atom stereocenters. The van der Waals surface area contributed by atoms with Crippen molar-refractivity contribution in [2.75, 3.05) is 12.3 Å². The zero-order valence-corrected chi connectivity index (χ0v) is 10.5. The van der Waals surface area contributed by atoms with Gasteiger partial charge in [-0.2, -0.15) is 13.2 Å². The summed E-state index contributed by atoms with van der Waals surface area (Å²) in [5, 5.41) is 0. The minimum atomic E-state index is -4.42. The number of nitrogens with two attached hydrogens (primary N) is 1. The van der Waals surface area contributed by atoms with Gasteiger partial charge in [0, 0.05) is 0 Å². The van der Waals surface area contributed by atoms with Crippen LogP contribution in [0.5, 0.6) is 0 Å². The first kappa shape index (κ1) is 13.7. The fourth-order valence-electron chi connectivity index (χ4n) is 2.19. The first-order valence-electron chi connectivity index (χ1n) is 5.83. The molecule has 19 heavy (non-hydrogen) atoms. The van der Waals surface area contributed by atoms with E-state index in [9.17, 15) is 18.0 Å². The first-order chi connectivity index (χ1) is 8.74. The minimum absolute atomic E-state index is 0.0554. The lowest BCUT2D eigenvalue weighted by molar-refractivity contribution is -0.179. The van der Waals surface area contributed by atoms with E-state index in [1.807, 2.05) is 0 Å². The van der Waals surface area contributed by atoms with Crippen LogP contribution in [0.2, 0.25) is 0 Å². The quantitative estimate of drug-likeness (QED) is 0.858. The number of halogens is 3. The number of imidazole rings is 1. The maximum absolute atomic E-state index is 13.1. The fourth-order valence-corrected chi connectivity index (χ4v) is 2.19. The van der Waals surface area contributed by atoms with Gasteiger partial charge in [0.1, 0.15) is 17.2 Å². The van der Waals surface area contributed by atoms with Gasteiger partial charge >= 0.3 is 12.1 Å². The molecule has 1 aliphatic carbocycles. The molecule has 2 N–H and O–H groups in total. The van der Waals surface area contributed by atoms with Crippen LogP contribution in [-0.4, -0.2) is 28.3 Å². The molecular formula is C11H14F3N3O2. The molecule has 0 radical (unpaired) electrons. The van der Waals surface area contributed by atoms with Crippen molar-refractivity contribution in [2.45, 2.75) is 38.4 Å². The van der Waals surface area contributed by atoms with E-state index in [4.69, 9.17) is 10.5 Å². The normalized spacial score (nSPS) is 17.3. The summed E-state index contributed by atoms with van der Waals surface area (Å²) in [6, 6.07) is 0. The summed E-state index contributed by atoms with van der Waals surface area (Å²) < 4.78 is 44.9. The molecule has 1 aliphatic rings. The Balaban J connectivity index is 2.47. The van der Waals surface area contributed by atoms with E-state index in [1.54, 1.807) is 6.92 Å². The number of alkyl halides is 3. The second kappa shape index (κ2) is 4.14. The number of aryl methyl sites for hydroxylation is 1. The number of ether oxygens (including phenoxy) is 1. The van der Waals surface area contributed by atoms with Gasteiger partial charge in [0.2, 0.25) is 0 Å². The summed E-state index contributed by atoms with van der Waals surface area (Å²) >= 11 is 0. The van der Waals surface area contributed by atoms with Gasteiger partial charge in [-0.1, -0.05) is 0 Å². The van der Waals surface area contributed by atoms with Crippen molar-refractivity contribution in [3.05, 3.63) is 11.5 Å². The molecule has 1 aromatic rings. The van der Waals surface area contributed by atoms with Gasteiger partial charge in [-0.25, -0.2) is 9.78 Å². The predicted molar refractivity (Wildman–Crippen MR) is 60.6 cm³/mol. The van der Waals surface area contributed by atoms with E-state index < -0.39 is 17.7 Å². The summed E-state index contributed by atoms with van der Waals surface area (Å²) in [5.41, 5.74) is 3.39. The Morgan fingerprint density at radius 1 is 1.53 bits per heavy atom. The maximum atomic E-state index is 13.1. The Morgan fingerprint density at radius 2 is 2.11 bits per heavy atom. The summed E-state index contributed by atoms with van der Waals surface area (Å²) in [6.45, 7) is 3.09. The first-order valence-corrected chi connectivity index (χ1v) is 5.83. The van der Waals surface area contributed by atoms with Gasteiger partial charge in [0.05, 0.1) is 6.61 Å². The number of carbonyl (C=O) groups is 1. The van der Waals surface area contributed by atoms with Crippen LogP contribution in [0.1, 0.15) is 36.1 Å². The van der Waals surface area contributed by atoms with Crippen LogP contribution in [0.3, 0.4) is 0 Å². The van der Waals surface area contributed by atoms with E-state index in [0.29, 0.717) is 0 Å². The zero-order chi connectivity index (χ0) is 14.4. The molecule has 2 rings (SSSR count). The highest BCUT2D eigenvalue weighted by molar-refractivity contribution is 5.92. The van der Waals surface area contributed by atoms with E-state index >= 15 is 0 Å². The van der Waals surface area contributed by atoms with Gasteiger partial charge in [-0.15, -0.1) is 0 Å². The molecule has 0 aromatic carbocycles. The average Bonchev–Trinajstić information content (AvgIpc) is 3.02. The topological polar surface area (TPSA) is 70.1 Å². The second-order valence-corrected chi connectivity index (χ2v) is 4.48. The van der Waals surface area contributed by atoms with Crippen molar-refractivity contribution in [1.82, 2.24) is 9.55 Å². The molecule has 1 saturated carbocycles. The van der Waals surface area contributed by atoms with Crippen molar-refractivity contribution in [3.63, 3.8) is 0 Å². The van der Waals surface area contributed by atoms with E-state index in [2.05, 4.69) is 4.98 Å². The number of rotatable bonds is 3. The van der Waals surface area contributed by atoms with Crippen LogP contribution in [0.4, 0.5) is 19.0 Å². The van der Waals surface area contributed by atoms with Gasteiger partial charge in [-0.05, 0) is 26.7 Å². The summed E-state index contributed by atoms with van der Waals surface area (Å²) in [6.07, 6.45) is -4.53. The second-order valence-electron chi connectivity index (χ2n) is 4.48. The number of esters is 1. The van der Waals surface area contributed by atoms with Crippen molar-refractivity contribution in [2.24, 2.45) is 0 Å². The monoisotopic (exact) mass is 277 g/mol. The number of hydrogen-bond acceptors (Lipinski definition) is 4. The van der Waals surface area contributed by atoms with Crippen LogP contribution < -0.4 is 5.73 Å². The highest BCUT2D eigenvalue weighted by Crippen LogP contribution is 2.57. The van der Waals surface area contributed by atoms with Crippen molar-refractivity contribution < 1.29 is 22.7 Å². The number of anilines is 1. The summed E-state index contributed by atoms with van der Waals surface area (Å²) in [4.78, 5) is 15.4. The number of hydrogen-bond donors (Lipinski definition) is 1. The molecule has 1 fully saturated rings. The van der Waals surface area contributed by atoms with Crippen molar-refractivity contribution >= 4 is 11.8 Å². The third kappa shape index (κ3) is 1.95. The molecule has 0 saturated heterocycles. The Morgan fingerprint density at radius 3 is 2.53 bits per heavy atom. The number of nitrogen functional groups attached to an aromatic ring is 1. The predicted octanol–water partition coefficient (Wildman–Crippen LogP) is 2.00. The van der Waals surface area contributed by atoms with Gasteiger partial charge < -0.3 is 10.5 Å². The lowest BCUT2D eigenvalue weighted by Crippen LogP contribution is -2.36. The largest absolute Gasteiger partial charge is 0.461 e. The molecular weight excluding hydrogens is 263 g/mol. The Bertz CT molecular complexity index is 518. The molecule has 8 heteroatoms. The Hall–Kier alpha value is -1.73. The number of carbonyl (C=O) groups excluding carboxylic acids is 1. The van der Waals surface area contributed by atoms with Crippen molar-refractivity contribution in [1.29, 1.82) is 0 Å². The van der Waals surface area contributed by atoms with Gasteiger partial charge in [0.25, 0.3) is 0 Å². The van der Waals surface area contributed by atoms with Crippen molar-refractivity contribution in [3.8, 4) is 0 Å². The van der Waals surface area contributed by atoms with Gasteiger partial charge in [0.15, 0.2) is 5.69 Å². The van der Waals surface area contributed by atoms with Gasteiger partial charge in [-0.3, -0.25) is 4.57 Å². The molecule has 0 amide bonds. The SMILES string of the molecule is CCOC(=O)c1nc(C)n(C2(C(F)(F)F)CC2)c1N. The number of aromatic nitrogens is 2. The molecule has 106 valence electrons. The van der Waals surface area contributed by atoms with Crippen LogP contribution in [0.15, 0.2) is 0 Å². The average molecular weight is 277 g/mol. The van der Waals surface area contributed by atoms with Crippen LogP contribution in [-0.2, 0) is 10.3 Å². The molecule has 0 unspecified atom stereocenters. The molecule has 5 nitrogen and oxygen atoms in total. The standard InChI is InChI=1S/C11H14F3N3O2/c1-3-19-9(18)7-8(15)17(6(2)16-7)10(4-5-10)11(12,13)14/h3-5,15H2,1-2H3. The van der Waals surface area contributed by atoms with E-state index in [0.717, 1.165) is 4.57 Å². The molecule has 0 spiro atoms. The lowest BCUT2D eigenvalue weighted by atomic mass is 10.2. The van der Waals surface area contributed by atoms with Crippen LogP contribution >= 0.6 is 0 Å². The molecule has 0 bridgehead atoms. The smallest absolute Gasteiger partial charge is 0.412 e. The number of nitrogens with zero attached hydrogens (tertiary/aromatic N) is 2. The van der Waals surface area contributed by atoms with Crippen LogP contribution in [0.25, 0.3) is 0 Å². The Labute approximate surface area is 107 Å². The Kier molecular flexibility index (Phi) is 2.98. The van der Waals surface area contributed by atoms with E-state index in [-0.39, 0.29) is 36.8 Å². The minimum Gasteiger partial charge on any atom is -0.461 e. The van der Waals surface area contributed by atoms with E-state index in [1.165, 1.54) is 6.92 Å². The van der Waals surface area contributed by atoms with Crippen LogP contribution in [0, 0.1) is 6.92 Å². The highest BCUT2D eigenvalue weighted by Gasteiger charge is 2.66. The zero-order valence-electron chi connectivity index (χ0n) is 10.5. The molecule has 0 aliphatic heterocycles. The molecule has 1 aromatic heterocycles. The lowest BCUT2D eigenvalue weighted by Gasteiger charge is -2.23. The highest BCUT2D eigenvalue weighted by atomic mass is 19.4. The summed E-state index contributed by atoms with van der Waals surface area (Å²) in [5.74, 6) is -1.03. The third-order valence-electron chi connectivity index (χ3n) is 3.23. The molecule has 1 heterocycles. The maximum Gasteiger partial charge on any atom is 0.412 e. The fraction of sp³-hybridized carbons (Fsp3) is 0.636. The summed E-state index contributed by atoms with van der Waals surface area (Å²) in [7, 11) is 0. The third-order valence-corrected chi connectivity index (χ3v) is 3.23.